The van der Waals surface area contributed by atoms with Gasteiger partial charge in [-0.05, 0) is 19.1 Å². The molecule has 0 aliphatic carbocycles. The number of aromatic carboxylic acids is 1. The van der Waals surface area contributed by atoms with Crippen molar-refractivity contribution in [2.24, 2.45) is 0 Å². The number of nitrogens with one attached hydrogen (secondary N) is 1. The lowest BCUT2D eigenvalue weighted by Crippen LogP contribution is -2.35. The lowest BCUT2D eigenvalue weighted by molar-refractivity contribution is 0.0690. The highest BCUT2D eigenvalue weighted by Crippen LogP contribution is 2.22. The van der Waals surface area contributed by atoms with Crippen molar-refractivity contribution in [3.63, 3.8) is 0 Å². The number of anilines is 2. The standard InChI is InChI=1S/C12H10N2O5/c1-2-19-11-8(9(15)10(11)16)14-6-3-4-7(12(17)18)13-5-6/h3-5,14H,2H2,1H3,(H,17,18). The van der Waals surface area contributed by atoms with E-state index in [4.69, 9.17) is 9.84 Å². The molecule has 1 aromatic carbocycles. The maximum absolute atomic E-state index is 11.4. The minimum absolute atomic E-state index is 0.00480. The van der Waals surface area contributed by atoms with E-state index in [0.29, 0.717) is 5.69 Å². The average molecular weight is 262 g/mol. The molecule has 7 heteroatoms. The predicted molar refractivity (Wildman–Crippen MR) is 67.0 cm³/mol. The van der Waals surface area contributed by atoms with Gasteiger partial charge in [-0.15, -0.1) is 0 Å². The SMILES string of the molecule is CCOc1c(Nc2ccc(C(=O)O)nc2)c(=O)c1=O. The summed E-state index contributed by atoms with van der Waals surface area (Å²) < 4.78 is 5.04. The molecule has 0 spiro atoms. The molecule has 0 saturated carbocycles. The molecule has 0 amide bonds. The summed E-state index contributed by atoms with van der Waals surface area (Å²) >= 11 is 0. The van der Waals surface area contributed by atoms with Crippen LogP contribution < -0.4 is 20.9 Å². The second kappa shape index (κ2) is 4.89. The van der Waals surface area contributed by atoms with Gasteiger partial charge in [-0.25, -0.2) is 9.78 Å². The minimum Gasteiger partial charge on any atom is -0.488 e. The van der Waals surface area contributed by atoms with Crippen LogP contribution in [0.3, 0.4) is 0 Å². The summed E-state index contributed by atoms with van der Waals surface area (Å²) in [6.45, 7) is 1.97. The lowest BCUT2D eigenvalue weighted by atomic mass is 10.2. The Bertz CT molecular complexity index is 683. The van der Waals surface area contributed by atoms with Gasteiger partial charge in [0.05, 0.1) is 18.5 Å². The molecule has 0 saturated heterocycles. The predicted octanol–water partition coefficient (Wildman–Crippen LogP) is 0.518. The zero-order valence-electron chi connectivity index (χ0n) is 9.97. The van der Waals surface area contributed by atoms with E-state index in [-0.39, 0.29) is 23.7 Å². The number of nitrogens with zero attached hydrogens (tertiary/aromatic N) is 1. The van der Waals surface area contributed by atoms with Crippen LogP contribution in [0.15, 0.2) is 27.9 Å². The highest BCUT2D eigenvalue weighted by Gasteiger charge is 2.22. The molecule has 0 aliphatic rings. The Kier molecular flexibility index (Phi) is 3.28. The summed E-state index contributed by atoms with van der Waals surface area (Å²) in [5.74, 6) is -1.15. The summed E-state index contributed by atoms with van der Waals surface area (Å²) in [6, 6.07) is 2.74. The summed E-state index contributed by atoms with van der Waals surface area (Å²) in [7, 11) is 0. The van der Waals surface area contributed by atoms with Gasteiger partial charge in [0.15, 0.2) is 5.75 Å². The van der Waals surface area contributed by atoms with Gasteiger partial charge in [0, 0.05) is 0 Å². The van der Waals surface area contributed by atoms with E-state index in [1.807, 2.05) is 0 Å². The second-order valence-electron chi connectivity index (χ2n) is 3.66. The van der Waals surface area contributed by atoms with Gasteiger partial charge in [0.25, 0.3) is 10.9 Å². The zero-order valence-corrected chi connectivity index (χ0v) is 9.97. The lowest BCUT2D eigenvalue weighted by Gasteiger charge is -2.12. The summed E-state index contributed by atoms with van der Waals surface area (Å²) in [5, 5.41) is 11.4. The maximum Gasteiger partial charge on any atom is 0.354 e. The normalized spacial score (nSPS) is 10.4. The van der Waals surface area contributed by atoms with Crippen molar-refractivity contribution in [1.29, 1.82) is 0 Å². The van der Waals surface area contributed by atoms with E-state index < -0.39 is 16.8 Å². The smallest absolute Gasteiger partial charge is 0.354 e. The largest absolute Gasteiger partial charge is 0.488 e. The molecule has 0 atom stereocenters. The highest BCUT2D eigenvalue weighted by atomic mass is 16.5. The van der Waals surface area contributed by atoms with E-state index >= 15 is 0 Å². The van der Waals surface area contributed by atoms with E-state index in [0.717, 1.165) is 0 Å². The fraction of sp³-hybridized carbons (Fsp3) is 0.167. The van der Waals surface area contributed by atoms with Gasteiger partial charge in [0.1, 0.15) is 11.4 Å². The molecule has 0 aliphatic heterocycles. The molecule has 0 bridgehead atoms. The van der Waals surface area contributed by atoms with E-state index in [2.05, 4.69) is 10.3 Å². The Morgan fingerprint density at radius 3 is 2.63 bits per heavy atom. The number of pyridine rings is 1. The molecule has 0 unspecified atom stereocenters. The van der Waals surface area contributed by atoms with Crippen molar-refractivity contribution >= 4 is 17.3 Å². The van der Waals surface area contributed by atoms with E-state index in [9.17, 15) is 14.4 Å². The molecule has 2 aromatic rings. The molecule has 0 fully saturated rings. The van der Waals surface area contributed by atoms with Gasteiger partial charge < -0.3 is 15.2 Å². The molecular weight excluding hydrogens is 252 g/mol. The molecule has 7 nitrogen and oxygen atoms in total. The number of carboxylic acid groups (broad SMARTS) is 1. The van der Waals surface area contributed by atoms with Crippen LogP contribution in [-0.4, -0.2) is 22.7 Å². The molecule has 2 N–H and O–H groups in total. The van der Waals surface area contributed by atoms with Crippen molar-refractivity contribution < 1.29 is 14.6 Å². The number of carbonyl (C=O) groups is 1. The van der Waals surface area contributed by atoms with Crippen LogP contribution in [0.1, 0.15) is 17.4 Å². The zero-order chi connectivity index (χ0) is 14.0. The molecule has 1 aromatic heterocycles. The van der Waals surface area contributed by atoms with Crippen LogP contribution in [0.2, 0.25) is 0 Å². The van der Waals surface area contributed by atoms with Crippen molar-refractivity contribution in [3.05, 3.63) is 44.5 Å². The quantitative estimate of drug-likeness (QED) is 0.756. The number of hydrogen-bond donors (Lipinski definition) is 2. The number of ether oxygens (including phenoxy) is 1. The molecular formula is C12H10N2O5. The average Bonchev–Trinajstić information content (AvgIpc) is 2.42. The first kappa shape index (κ1) is 12.7. The first-order valence-electron chi connectivity index (χ1n) is 5.47. The van der Waals surface area contributed by atoms with Crippen LogP contribution in [-0.2, 0) is 0 Å². The Morgan fingerprint density at radius 2 is 2.11 bits per heavy atom. The van der Waals surface area contributed by atoms with Crippen LogP contribution >= 0.6 is 0 Å². The van der Waals surface area contributed by atoms with Crippen LogP contribution in [0.25, 0.3) is 0 Å². The first-order valence-corrected chi connectivity index (χ1v) is 5.47. The van der Waals surface area contributed by atoms with E-state index in [1.54, 1.807) is 6.92 Å². The molecule has 1 heterocycles. The molecule has 0 radical (unpaired) electrons. The number of carboxylic acids is 1. The van der Waals surface area contributed by atoms with Crippen LogP contribution in [0.5, 0.6) is 5.75 Å². The van der Waals surface area contributed by atoms with Crippen molar-refractivity contribution in [2.45, 2.75) is 6.92 Å². The monoisotopic (exact) mass is 262 g/mol. The van der Waals surface area contributed by atoms with Crippen molar-refractivity contribution in [3.8, 4) is 5.75 Å². The van der Waals surface area contributed by atoms with Crippen molar-refractivity contribution in [2.75, 3.05) is 11.9 Å². The first-order chi connectivity index (χ1) is 9.04. The number of aromatic nitrogens is 1. The second-order valence-corrected chi connectivity index (χ2v) is 3.66. The maximum atomic E-state index is 11.4. The van der Waals surface area contributed by atoms with E-state index in [1.165, 1.54) is 18.3 Å². The Balaban J connectivity index is 2.22. The summed E-state index contributed by atoms with van der Waals surface area (Å²) in [6.07, 6.45) is 1.26. The van der Waals surface area contributed by atoms with Crippen LogP contribution in [0.4, 0.5) is 11.4 Å². The molecule has 2 rings (SSSR count). The minimum atomic E-state index is -1.14. The Labute approximate surface area is 107 Å². The fourth-order valence-electron chi connectivity index (χ4n) is 1.51. The third-order valence-corrected chi connectivity index (χ3v) is 2.41. The van der Waals surface area contributed by atoms with Gasteiger partial charge in [-0.3, -0.25) is 9.59 Å². The van der Waals surface area contributed by atoms with Gasteiger partial charge in [-0.1, -0.05) is 0 Å². The third kappa shape index (κ3) is 2.30. The van der Waals surface area contributed by atoms with Crippen molar-refractivity contribution in [1.82, 2.24) is 4.98 Å². The Morgan fingerprint density at radius 1 is 1.37 bits per heavy atom. The summed E-state index contributed by atoms with van der Waals surface area (Å²) in [5.41, 5.74) is -0.972. The summed E-state index contributed by atoms with van der Waals surface area (Å²) in [4.78, 5) is 36.9. The number of hydrogen-bond acceptors (Lipinski definition) is 6. The van der Waals surface area contributed by atoms with Gasteiger partial charge in [0.2, 0.25) is 0 Å². The number of rotatable bonds is 5. The fourth-order valence-corrected chi connectivity index (χ4v) is 1.51. The molecule has 19 heavy (non-hydrogen) atoms. The third-order valence-electron chi connectivity index (χ3n) is 2.41. The molecule has 98 valence electrons. The van der Waals surface area contributed by atoms with Gasteiger partial charge >= 0.3 is 5.97 Å². The highest BCUT2D eigenvalue weighted by molar-refractivity contribution is 5.85. The van der Waals surface area contributed by atoms with Crippen LogP contribution in [0, 0.1) is 0 Å². The Hall–Kier alpha value is -2.70. The topological polar surface area (TPSA) is 106 Å². The van der Waals surface area contributed by atoms with Gasteiger partial charge in [-0.2, -0.15) is 0 Å².